The summed E-state index contributed by atoms with van der Waals surface area (Å²) in [4.78, 5) is 24.1. The molecular weight excluding hydrogens is 314 g/mol. The van der Waals surface area contributed by atoms with Gasteiger partial charge in [0.25, 0.3) is 11.7 Å². The Morgan fingerprint density at radius 2 is 1.88 bits per heavy atom. The smallest absolute Gasteiger partial charge is 0.300 e. The van der Waals surface area contributed by atoms with Crippen molar-refractivity contribution in [3.8, 4) is 0 Å². The Hall–Kier alpha value is -3.54. The zero-order valence-electron chi connectivity index (χ0n) is 13.4. The first-order valence-electron chi connectivity index (χ1n) is 7.93. The van der Waals surface area contributed by atoms with Crippen molar-refractivity contribution in [2.45, 2.75) is 6.42 Å². The number of nitrogens with zero attached hydrogens (tertiary/aromatic N) is 3. The average molecular weight is 330 g/mol. The van der Waals surface area contributed by atoms with E-state index >= 15 is 0 Å². The van der Waals surface area contributed by atoms with Crippen LogP contribution in [0, 0.1) is 0 Å². The Labute approximate surface area is 144 Å². The maximum atomic E-state index is 12.7. The van der Waals surface area contributed by atoms with E-state index in [1.807, 2.05) is 47.1 Å². The van der Waals surface area contributed by atoms with Gasteiger partial charge >= 0.3 is 0 Å². The Morgan fingerprint density at radius 3 is 2.64 bits per heavy atom. The van der Waals surface area contributed by atoms with Crippen LogP contribution in [0.2, 0.25) is 0 Å². The quantitative estimate of drug-likeness (QED) is 0.564. The SMILES string of the molecule is O=C(Nc1cccnc1)c1[nH]c(Cc2cccnc2)[n+]2ccccc12. The van der Waals surface area contributed by atoms with Gasteiger partial charge in [0.2, 0.25) is 5.69 Å². The second-order valence-electron chi connectivity index (χ2n) is 5.64. The molecule has 25 heavy (non-hydrogen) atoms. The van der Waals surface area contributed by atoms with Crippen molar-refractivity contribution in [3.05, 3.63) is 90.5 Å². The summed E-state index contributed by atoms with van der Waals surface area (Å²) in [7, 11) is 0. The lowest BCUT2D eigenvalue weighted by Gasteiger charge is -2.00. The third kappa shape index (κ3) is 3.10. The van der Waals surface area contributed by atoms with Crippen LogP contribution in [-0.4, -0.2) is 20.9 Å². The van der Waals surface area contributed by atoms with E-state index in [1.165, 1.54) is 0 Å². The van der Waals surface area contributed by atoms with E-state index in [0.29, 0.717) is 17.8 Å². The van der Waals surface area contributed by atoms with E-state index in [4.69, 9.17) is 0 Å². The molecule has 0 radical (unpaired) electrons. The number of anilines is 1. The first-order chi connectivity index (χ1) is 12.3. The van der Waals surface area contributed by atoms with E-state index < -0.39 is 0 Å². The minimum absolute atomic E-state index is 0.200. The summed E-state index contributed by atoms with van der Waals surface area (Å²) in [5, 5.41) is 2.87. The number of pyridine rings is 3. The second-order valence-corrected chi connectivity index (χ2v) is 5.64. The molecule has 4 rings (SSSR count). The molecule has 4 heterocycles. The Morgan fingerprint density at radius 1 is 1.04 bits per heavy atom. The molecular formula is C19H16N5O+. The normalized spacial score (nSPS) is 10.7. The highest BCUT2D eigenvalue weighted by Gasteiger charge is 2.24. The molecule has 122 valence electrons. The number of aromatic nitrogens is 4. The Kier molecular flexibility index (Phi) is 3.92. The number of carbonyl (C=O) groups is 1. The van der Waals surface area contributed by atoms with Crippen LogP contribution < -0.4 is 9.72 Å². The Balaban J connectivity index is 1.71. The van der Waals surface area contributed by atoms with E-state index in [1.54, 1.807) is 30.7 Å². The number of aromatic amines is 1. The molecule has 0 aliphatic rings. The predicted octanol–water partition coefficient (Wildman–Crippen LogP) is 2.39. The van der Waals surface area contributed by atoms with Crippen molar-refractivity contribution in [2.24, 2.45) is 0 Å². The first-order valence-corrected chi connectivity index (χ1v) is 7.93. The number of hydrogen-bond acceptors (Lipinski definition) is 3. The average Bonchev–Trinajstić information content (AvgIpc) is 3.02. The lowest BCUT2D eigenvalue weighted by Crippen LogP contribution is -2.24. The minimum atomic E-state index is -0.200. The molecule has 0 unspecified atom stereocenters. The van der Waals surface area contributed by atoms with Gasteiger partial charge in [0, 0.05) is 18.6 Å². The fourth-order valence-electron chi connectivity index (χ4n) is 2.78. The molecule has 0 bridgehead atoms. The van der Waals surface area contributed by atoms with Gasteiger partial charge in [-0.3, -0.25) is 14.8 Å². The van der Waals surface area contributed by atoms with Crippen molar-refractivity contribution >= 4 is 17.1 Å². The molecule has 0 aliphatic heterocycles. The zero-order chi connectivity index (χ0) is 17.1. The minimum Gasteiger partial charge on any atom is -0.317 e. The van der Waals surface area contributed by atoms with Crippen molar-refractivity contribution in [1.29, 1.82) is 0 Å². The number of amides is 1. The summed E-state index contributed by atoms with van der Waals surface area (Å²) in [6, 6.07) is 13.3. The van der Waals surface area contributed by atoms with Crippen LogP contribution in [0.25, 0.3) is 5.52 Å². The van der Waals surface area contributed by atoms with Crippen LogP contribution in [0.5, 0.6) is 0 Å². The van der Waals surface area contributed by atoms with Gasteiger partial charge in [-0.1, -0.05) is 12.1 Å². The van der Waals surface area contributed by atoms with Crippen LogP contribution in [0.3, 0.4) is 0 Å². The van der Waals surface area contributed by atoms with Crippen LogP contribution in [0.15, 0.2) is 73.4 Å². The fraction of sp³-hybridized carbons (Fsp3) is 0.0526. The van der Waals surface area contributed by atoms with E-state index in [2.05, 4.69) is 20.3 Å². The lowest BCUT2D eigenvalue weighted by molar-refractivity contribution is -0.520. The predicted molar refractivity (Wildman–Crippen MR) is 93.2 cm³/mol. The summed E-state index contributed by atoms with van der Waals surface area (Å²) < 4.78 is 1.99. The summed E-state index contributed by atoms with van der Waals surface area (Å²) in [5.41, 5.74) is 3.07. The molecule has 0 fully saturated rings. The van der Waals surface area contributed by atoms with Crippen molar-refractivity contribution in [1.82, 2.24) is 15.0 Å². The summed E-state index contributed by atoms with van der Waals surface area (Å²) >= 11 is 0. The number of fused-ring (bicyclic) bond motifs is 1. The highest BCUT2D eigenvalue weighted by atomic mass is 16.1. The van der Waals surface area contributed by atoms with Crippen LogP contribution in [0.1, 0.15) is 21.9 Å². The van der Waals surface area contributed by atoms with Gasteiger partial charge in [0.1, 0.15) is 0 Å². The number of carbonyl (C=O) groups excluding carboxylic acids is 1. The van der Waals surface area contributed by atoms with Crippen molar-refractivity contribution in [2.75, 3.05) is 5.32 Å². The van der Waals surface area contributed by atoms with Gasteiger partial charge in [0.05, 0.1) is 24.5 Å². The molecule has 4 aromatic rings. The summed E-state index contributed by atoms with van der Waals surface area (Å²) in [6.07, 6.45) is 9.45. The maximum absolute atomic E-state index is 12.7. The van der Waals surface area contributed by atoms with Crippen LogP contribution >= 0.6 is 0 Å². The highest BCUT2D eigenvalue weighted by molar-refractivity contribution is 6.06. The topological polar surface area (TPSA) is 74.8 Å². The highest BCUT2D eigenvalue weighted by Crippen LogP contribution is 2.12. The molecule has 6 heteroatoms. The molecule has 0 saturated carbocycles. The number of hydrogen-bond donors (Lipinski definition) is 2. The summed E-state index contributed by atoms with van der Waals surface area (Å²) in [5.74, 6) is 0.717. The van der Waals surface area contributed by atoms with Crippen molar-refractivity contribution in [3.63, 3.8) is 0 Å². The van der Waals surface area contributed by atoms with Crippen LogP contribution in [-0.2, 0) is 6.42 Å². The number of imidazole rings is 1. The molecule has 0 saturated heterocycles. The van der Waals surface area contributed by atoms with Crippen LogP contribution in [0.4, 0.5) is 5.69 Å². The standard InChI is InChI=1S/C19H15N5O/c25-19(22-15-6-4-9-21-13-15)18-16-7-1-2-10-24(16)17(23-18)11-14-5-3-8-20-12-14/h1-10,12-13H,11H2,(H,22,25)/p+1. The first kappa shape index (κ1) is 15.0. The number of nitrogens with one attached hydrogen (secondary N) is 2. The molecule has 1 amide bonds. The molecule has 0 spiro atoms. The molecule has 4 aromatic heterocycles. The van der Waals surface area contributed by atoms with E-state index in [0.717, 1.165) is 16.9 Å². The van der Waals surface area contributed by atoms with E-state index in [9.17, 15) is 4.79 Å². The van der Waals surface area contributed by atoms with E-state index in [-0.39, 0.29) is 5.91 Å². The Bertz CT molecular complexity index is 1010. The lowest BCUT2D eigenvalue weighted by atomic mass is 10.2. The monoisotopic (exact) mass is 330 g/mol. The molecule has 0 aromatic carbocycles. The number of H-pyrrole nitrogens is 1. The van der Waals surface area contributed by atoms with Gasteiger partial charge in [-0.05, 0) is 35.9 Å². The van der Waals surface area contributed by atoms with Gasteiger partial charge in [-0.2, -0.15) is 4.40 Å². The van der Waals surface area contributed by atoms with Gasteiger partial charge in [-0.25, -0.2) is 4.98 Å². The zero-order valence-corrected chi connectivity index (χ0v) is 13.4. The molecule has 0 atom stereocenters. The number of rotatable bonds is 4. The third-order valence-corrected chi connectivity index (χ3v) is 3.92. The van der Waals surface area contributed by atoms with Gasteiger partial charge in [-0.15, -0.1) is 0 Å². The van der Waals surface area contributed by atoms with Crippen molar-refractivity contribution < 1.29 is 9.20 Å². The largest absolute Gasteiger partial charge is 0.317 e. The van der Waals surface area contributed by atoms with Gasteiger partial charge in [0.15, 0.2) is 5.52 Å². The third-order valence-electron chi connectivity index (χ3n) is 3.92. The molecule has 6 nitrogen and oxygen atoms in total. The fourth-order valence-corrected chi connectivity index (χ4v) is 2.78. The van der Waals surface area contributed by atoms with Gasteiger partial charge < -0.3 is 5.32 Å². The molecule has 2 N–H and O–H groups in total. The maximum Gasteiger partial charge on any atom is 0.300 e. The second kappa shape index (κ2) is 6.52. The molecule has 0 aliphatic carbocycles. The summed E-state index contributed by atoms with van der Waals surface area (Å²) in [6.45, 7) is 0.